The fourth-order valence-corrected chi connectivity index (χ4v) is 3.91. The van der Waals surface area contributed by atoms with Crippen LogP contribution in [0, 0.1) is 13.8 Å². The number of anilines is 1. The molecule has 2 N–H and O–H groups in total. The molecule has 0 aliphatic carbocycles. The van der Waals surface area contributed by atoms with Crippen LogP contribution in [0.2, 0.25) is 0 Å². The summed E-state index contributed by atoms with van der Waals surface area (Å²) in [5.74, 6) is -0.155. The third kappa shape index (κ3) is 4.29. The maximum atomic E-state index is 13.1. The van der Waals surface area contributed by atoms with Crippen LogP contribution in [0.4, 0.5) is 5.69 Å². The van der Waals surface area contributed by atoms with Gasteiger partial charge in [0.25, 0.3) is 0 Å². The second kappa shape index (κ2) is 8.69. The van der Waals surface area contributed by atoms with Crippen molar-refractivity contribution in [1.29, 1.82) is 0 Å². The number of aromatic hydroxyl groups is 1. The van der Waals surface area contributed by atoms with Crippen molar-refractivity contribution in [3.05, 3.63) is 46.8 Å². The molecule has 1 aromatic heterocycles. The highest BCUT2D eigenvalue weighted by atomic mass is 16.5. The Bertz CT molecular complexity index is 880. The van der Waals surface area contributed by atoms with Crippen LogP contribution in [0.15, 0.2) is 24.3 Å². The summed E-state index contributed by atoms with van der Waals surface area (Å²) in [5.41, 5.74) is 3.32. The van der Waals surface area contributed by atoms with Gasteiger partial charge in [-0.05, 0) is 57.5 Å². The number of phenolic OH excluding ortho intramolecular Hbond substituents is 1. The smallest absolute Gasteiger partial charge is 0.340 e. The molecule has 0 unspecified atom stereocenters. The predicted octanol–water partition coefficient (Wildman–Crippen LogP) is 2.91. The van der Waals surface area contributed by atoms with Crippen LogP contribution in [0.1, 0.15) is 46.0 Å². The summed E-state index contributed by atoms with van der Waals surface area (Å²) in [5, 5.41) is 9.45. The summed E-state index contributed by atoms with van der Waals surface area (Å²) in [6, 6.07) is 6.89. The van der Waals surface area contributed by atoms with E-state index in [0.717, 1.165) is 31.9 Å². The number of nitrogens with one attached hydrogen (secondary N) is 1. The van der Waals surface area contributed by atoms with Gasteiger partial charge in [-0.3, -0.25) is 9.69 Å². The number of piperazine rings is 1. The number of H-pyrrole nitrogens is 1. The van der Waals surface area contributed by atoms with Gasteiger partial charge in [0, 0.05) is 37.6 Å². The zero-order valence-corrected chi connectivity index (χ0v) is 17.5. The number of ether oxygens (including phenoxy) is 1. The molecule has 0 bridgehead atoms. The SMILES string of the molecule is CCOC(=O)c1c(C)[nH]c(C(=O)[C@@H](C)N2CCN(c3ccc(O)cc3)CC2)c1C. The lowest BCUT2D eigenvalue weighted by Gasteiger charge is -2.38. The summed E-state index contributed by atoms with van der Waals surface area (Å²) < 4.78 is 5.12. The molecule has 7 nitrogen and oxygen atoms in total. The fraction of sp³-hybridized carbons (Fsp3) is 0.455. The highest BCUT2D eigenvalue weighted by Crippen LogP contribution is 2.23. The molecule has 29 heavy (non-hydrogen) atoms. The van der Waals surface area contributed by atoms with Crippen molar-refractivity contribution < 1.29 is 19.4 Å². The maximum absolute atomic E-state index is 13.1. The monoisotopic (exact) mass is 399 g/mol. The second-order valence-corrected chi connectivity index (χ2v) is 7.43. The first-order chi connectivity index (χ1) is 13.8. The highest BCUT2D eigenvalue weighted by molar-refractivity contribution is 6.03. The molecule has 0 spiro atoms. The Kier molecular flexibility index (Phi) is 6.27. The molecule has 1 saturated heterocycles. The molecule has 1 atom stereocenters. The second-order valence-electron chi connectivity index (χ2n) is 7.43. The normalized spacial score (nSPS) is 15.9. The number of rotatable bonds is 6. The van der Waals surface area contributed by atoms with Gasteiger partial charge in [0.2, 0.25) is 0 Å². The fourth-order valence-electron chi connectivity index (χ4n) is 3.91. The molecule has 156 valence electrons. The summed E-state index contributed by atoms with van der Waals surface area (Å²) in [6.07, 6.45) is 0. The van der Waals surface area contributed by atoms with Crippen molar-refractivity contribution in [1.82, 2.24) is 9.88 Å². The molecule has 0 radical (unpaired) electrons. The number of Topliss-reactive ketones (excluding diaryl/α,β-unsaturated/α-hetero) is 1. The van der Waals surface area contributed by atoms with Crippen molar-refractivity contribution in [2.75, 3.05) is 37.7 Å². The summed E-state index contributed by atoms with van der Waals surface area (Å²) in [6.45, 7) is 10.7. The molecule has 1 fully saturated rings. The Morgan fingerprint density at radius 2 is 1.76 bits per heavy atom. The van der Waals surface area contributed by atoms with Crippen LogP contribution >= 0.6 is 0 Å². The first-order valence-corrected chi connectivity index (χ1v) is 10.0. The Morgan fingerprint density at radius 3 is 2.34 bits per heavy atom. The van der Waals surface area contributed by atoms with Crippen molar-refractivity contribution in [2.24, 2.45) is 0 Å². The first-order valence-electron chi connectivity index (χ1n) is 10.0. The molecule has 3 rings (SSSR count). The van der Waals surface area contributed by atoms with Gasteiger partial charge in [-0.1, -0.05) is 0 Å². The van der Waals surface area contributed by atoms with Gasteiger partial charge < -0.3 is 19.7 Å². The standard InChI is InChI=1S/C22H29N3O4/c1-5-29-22(28)19-14(2)20(23-15(19)3)21(27)16(4)24-10-12-25(13-11-24)17-6-8-18(26)9-7-17/h6-9,16,23,26H,5,10-13H2,1-4H3/t16-/m1/s1. The van der Waals surface area contributed by atoms with Gasteiger partial charge in [-0.25, -0.2) is 4.79 Å². The van der Waals surface area contributed by atoms with E-state index in [0.29, 0.717) is 29.1 Å². The van der Waals surface area contributed by atoms with E-state index in [2.05, 4.69) is 14.8 Å². The number of phenols is 1. The Balaban J connectivity index is 1.68. The van der Waals surface area contributed by atoms with Gasteiger partial charge in [0.15, 0.2) is 5.78 Å². The number of carbonyl (C=O) groups is 2. The molecule has 0 amide bonds. The lowest BCUT2D eigenvalue weighted by atomic mass is 10.0. The van der Waals surface area contributed by atoms with E-state index in [-0.39, 0.29) is 17.6 Å². The lowest BCUT2D eigenvalue weighted by molar-refractivity contribution is 0.0525. The van der Waals surface area contributed by atoms with E-state index in [9.17, 15) is 14.7 Å². The van der Waals surface area contributed by atoms with Gasteiger partial charge in [-0.15, -0.1) is 0 Å². The molecule has 1 aromatic carbocycles. The zero-order chi connectivity index (χ0) is 21.1. The minimum Gasteiger partial charge on any atom is -0.508 e. The molecule has 0 saturated carbocycles. The molecular formula is C22H29N3O4. The van der Waals surface area contributed by atoms with Crippen LogP contribution in [0.25, 0.3) is 0 Å². The predicted molar refractivity (Wildman–Crippen MR) is 112 cm³/mol. The molecule has 2 heterocycles. The average Bonchev–Trinajstić information content (AvgIpc) is 3.02. The van der Waals surface area contributed by atoms with Gasteiger partial charge in [0.1, 0.15) is 5.75 Å². The van der Waals surface area contributed by atoms with E-state index in [4.69, 9.17) is 4.74 Å². The average molecular weight is 399 g/mol. The number of benzene rings is 1. The zero-order valence-electron chi connectivity index (χ0n) is 17.5. The van der Waals surface area contributed by atoms with E-state index in [1.807, 2.05) is 19.1 Å². The van der Waals surface area contributed by atoms with Crippen molar-refractivity contribution in [3.8, 4) is 5.75 Å². The number of hydrogen-bond donors (Lipinski definition) is 2. The third-order valence-electron chi connectivity index (χ3n) is 5.62. The van der Waals surface area contributed by atoms with E-state index in [1.165, 1.54) is 0 Å². The molecule has 1 aliphatic heterocycles. The Morgan fingerprint density at radius 1 is 1.14 bits per heavy atom. The number of hydrogen-bond acceptors (Lipinski definition) is 6. The molecule has 7 heteroatoms. The molecule has 2 aromatic rings. The quantitative estimate of drug-likeness (QED) is 0.574. The summed E-state index contributed by atoms with van der Waals surface area (Å²) in [4.78, 5) is 32.8. The minimum absolute atomic E-state index is 0.0146. The van der Waals surface area contributed by atoms with Crippen LogP contribution in [0.5, 0.6) is 5.75 Å². The maximum Gasteiger partial charge on any atom is 0.340 e. The number of aryl methyl sites for hydroxylation is 1. The Labute approximate surface area is 171 Å². The highest BCUT2D eigenvalue weighted by Gasteiger charge is 2.30. The lowest BCUT2D eigenvalue weighted by Crippen LogP contribution is -2.51. The van der Waals surface area contributed by atoms with E-state index in [1.54, 1.807) is 32.9 Å². The Hall–Kier alpha value is -2.80. The first kappa shape index (κ1) is 20.9. The molecular weight excluding hydrogens is 370 g/mol. The summed E-state index contributed by atoms with van der Waals surface area (Å²) in [7, 11) is 0. The topological polar surface area (TPSA) is 85.9 Å². The van der Waals surface area contributed by atoms with Crippen molar-refractivity contribution in [3.63, 3.8) is 0 Å². The number of ketones is 1. The van der Waals surface area contributed by atoms with Crippen LogP contribution in [-0.2, 0) is 4.74 Å². The van der Waals surface area contributed by atoms with E-state index >= 15 is 0 Å². The van der Waals surface area contributed by atoms with Crippen LogP contribution in [0.3, 0.4) is 0 Å². The number of esters is 1. The van der Waals surface area contributed by atoms with E-state index < -0.39 is 5.97 Å². The number of aromatic nitrogens is 1. The largest absolute Gasteiger partial charge is 0.508 e. The van der Waals surface area contributed by atoms with Crippen LogP contribution < -0.4 is 4.90 Å². The minimum atomic E-state index is -0.395. The van der Waals surface area contributed by atoms with Gasteiger partial charge in [0.05, 0.1) is 23.9 Å². The van der Waals surface area contributed by atoms with Crippen molar-refractivity contribution in [2.45, 2.75) is 33.7 Å². The summed E-state index contributed by atoms with van der Waals surface area (Å²) >= 11 is 0. The van der Waals surface area contributed by atoms with Gasteiger partial charge in [-0.2, -0.15) is 0 Å². The van der Waals surface area contributed by atoms with Gasteiger partial charge >= 0.3 is 5.97 Å². The van der Waals surface area contributed by atoms with Crippen molar-refractivity contribution >= 4 is 17.4 Å². The van der Waals surface area contributed by atoms with Crippen LogP contribution in [-0.4, -0.2) is 65.6 Å². The number of nitrogens with zero attached hydrogens (tertiary/aromatic N) is 2. The molecule has 1 aliphatic rings. The number of carbonyl (C=O) groups excluding carboxylic acids is 2. The number of aromatic amines is 1. The third-order valence-corrected chi connectivity index (χ3v) is 5.62.